The van der Waals surface area contributed by atoms with Crippen LogP contribution in [0, 0.1) is 0 Å². The van der Waals surface area contributed by atoms with E-state index in [-0.39, 0.29) is 6.04 Å². The molecule has 0 saturated heterocycles. The molecule has 1 unspecified atom stereocenters. The van der Waals surface area contributed by atoms with Crippen LogP contribution in [0.3, 0.4) is 0 Å². The predicted molar refractivity (Wildman–Crippen MR) is 66.0 cm³/mol. The van der Waals surface area contributed by atoms with Crippen LogP contribution in [-0.4, -0.2) is 9.55 Å². The standard InChI is InChI=1S/C10H12BrN3S/c1-2-14-4-3-13-10(14)9(12)7-5-8(11)15-6-7/h3-6,9H,2,12H2,1H3. The SMILES string of the molecule is CCn1ccnc1C(N)c1csc(Br)c1. The lowest BCUT2D eigenvalue weighted by molar-refractivity contribution is 0.657. The van der Waals surface area contributed by atoms with Gasteiger partial charge in [0.25, 0.3) is 0 Å². The summed E-state index contributed by atoms with van der Waals surface area (Å²) in [6.45, 7) is 2.98. The minimum Gasteiger partial charge on any atom is -0.334 e. The zero-order valence-electron chi connectivity index (χ0n) is 8.35. The number of hydrogen-bond donors (Lipinski definition) is 1. The minimum absolute atomic E-state index is 0.137. The molecule has 2 aromatic heterocycles. The van der Waals surface area contributed by atoms with E-state index in [2.05, 4.69) is 37.8 Å². The van der Waals surface area contributed by atoms with Crippen molar-refractivity contribution in [2.24, 2.45) is 5.73 Å². The van der Waals surface area contributed by atoms with Gasteiger partial charge in [-0.3, -0.25) is 0 Å². The third kappa shape index (κ3) is 2.14. The molecule has 0 aromatic carbocycles. The van der Waals surface area contributed by atoms with Gasteiger partial charge < -0.3 is 10.3 Å². The van der Waals surface area contributed by atoms with E-state index in [1.54, 1.807) is 17.5 Å². The normalized spacial score (nSPS) is 13.0. The molecule has 0 fully saturated rings. The Morgan fingerprint density at radius 2 is 2.47 bits per heavy atom. The van der Waals surface area contributed by atoms with Crippen molar-refractivity contribution in [3.8, 4) is 0 Å². The van der Waals surface area contributed by atoms with Gasteiger partial charge in [0.2, 0.25) is 0 Å². The van der Waals surface area contributed by atoms with Crippen LogP contribution in [0.2, 0.25) is 0 Å². The highest BCUT2D eigenvalue weighted by molar-refractivity contribution is 9.11. The van der Waals surface area contributed by atoms with Gasteiger partial charge in [-0.1, -0.05) is 0 Å². The third-order valence-electron chi connectivity index (χ3n) is 2.31. The Morgan fingerprint density at radius 1 is 1.67 bits per heavy atom. The van der Waals surface area contributed by atoms with E-state index in [9.17, 15) is 0 Å². The van der Waals surface area contributed by atoms with Gasteiger partial charge in [-0.15, -0.1) is 11.3 Å². The molecule has 0 radical (unpaired) electrons. The second-order valence-corrected chi connectivity index (χ2v) is 5.52. The summed E-state index contributed by atoms with van der Waals surface area (Å²) in [6.07, 6.45) is 3.75. The molecule has 3 nitrogen and oxygen atoms in total. The van der Waals surface area contributed by atoms with Crippen molar-refractivity contribution in [2.45, 2.75) is 19.5 Å². The number of imidazole rings is 1. The number of nitrogens with two attached hydrogens (primary N) is 1. The van der Waals surface area contributed by atoms with Gasteiger partial charge in [0.15, 0.2) is 0 Å². The first-order valence-electron chi connectivity index (χ1n) is 4.73. The summed E-state index contributed by atoms with van der Waals surface area (Å²) >= 11 is 5.08. The van der Waals surface area contributed by atoms with Gasteiger partial charge in [-0.05, 0) is 39.9 Å². The van der Waals surface area contributed by atoms with Crippen LogP contribution >= 0.6 is 27.3 Å². The zero-order chi connectivity index (χ0) is 10.8. The average Bonchev–Trinajstić information content (AvgIpc) is 2.84. The summed E-state index contributed by atoms with van der Waals surface area (Å²) in [5.41, 5.74) is 7.26. The Hall–Kier alpha value is -0.650. The lowest BCUT2D eigenvalue weighted by Gasteiger charge is -2.11. The van der Waals surface area contributed by atoms with E-state index in [4.69, 9.17) is 5.73 Å². The summed E-state index contributed by atoms with van der Waals surface area (Å²) in [6, 6.07) is 1.91. The third-order valence-corrected chi connectivity index (χ3v) is 3.84. The van der Waals surface area contributed by atoms with E-state index in [0.29, 0.717) is 0 Å². The van der Waals surface area contributed by atoms with E-state index < -0.39 is 0 Å². The fourth-order valence-electron chi connectivity index (χ4n) is 1.50. The maximum Gasteiger partial charge on any atom is 0.130 e. The Labute approximate surface area is 101 Å². The molecule has 0 spiro atoms. The van der Waals surface area contributed by atoms with Crippen LogP contribution in [0.25, 0.3) is 0 Å². The lowest BCUT2D eigenvalue weighted by atomic mass is 10.1. The fraction of sp³-hybridized carbons (Fsp3) is 0.300. The van der Waals surface area contributed by atoms with E-state index in [1.807, 2.05) is 12.3 Å². The molecule has 0 aliphatic heterocycles. The molecule has 2 N–H and O–H groups in total. The quantitative estimate of drug-likeness (QED) is 0.943. The van der Waals surface area contributed by atoms with Crippen LogP contribution in [0.15, 0.2) is 27.6 Å². The van der Waals surface area contributed by atoms with Crippen LogP contribution in [0.4, 0.5) is 0 Å². The minimum atomic E-state index is -0.137. The number of aryl methyl sites for hydroxylation is 1. The molecule has 0 aliphatic carbocycles. The Morgan fingerprint density at radius 3 is 3.07 bits per heavy atom. The number of rotatable bonds is 3. The monoisotopic (exact) mass is 285 g/mol. The van der Waals surface area contributed by atoms with Gasteiger partial charge in [-0.25, -0.2) is 4.98 Å². The summed E-state index contributed by atoms with van der Waals surface area (Å²) in [4.78, 5) is 4.30. The molecule has 2 heterocycles. The van der Waals surface area contributed by atoms with Crippen molar-refractivity contribution in [1.82, 2.24) is 9.55 Å². The van der Waals surface area contributed by atoms with Crippen LogP contribution in [-0.2, 0) is 6.54 Å². The maximum absolute atomic E-state index is 6.15. The van der Waals surface area contributed by atoms with Gasteiger partial charge in [0, 0.05) is 18.9 Å². The van der Waals surface area contributed by atoms with Gasteiger partial charge in [0.05, 0.1) is 9.83 Å². The molecule has 15 heavy (non-hydrogen) atoms. The molecular weight excluding hydrogens is 274 g/mol. The van der Waals surface area contributed by atoms with Crippen LogP contribution in [0.5, 0.6) is 0 Å². The van der Waals surface area contributed by atoms with Crippen molar-refractivity contribution >= 4 is 27.3 Å². The molecular formula is C10H12BrN3S. The van der Waals surface area contributed by atoms with Gasteiger partial charge >= 0.3 is 0 Å². The highest BCUT2D eigenvalue weighted by atomic mass is 79.9. The zero-order valence-corrected chi connectivity index (χ0v) is 10.8. The fourth-order valence-corrected chi connectivity index (χ4v) is 2.71. The van der Waals surface area contributed by atoms with E-state index >= 15 is 0 Å². The first-order chi connectivity index (χ1) is 7.22. The second kappa shape index (κ2) is 4.47. The molecule has 2 aromatic rings. The Balaban J connectivity index is 2.31. The molecule has 80 valence electrons. The molecule has 1 atom stereocenters. The van der Waals surface area contributed by atoms with Crippen LogP contribution < -0.4 is 5.73 Å². The molecule has 5 heteroatoms. The van der Waals surface area contributed by atoms with E-state index in [1.165, 1.54) is 0 Å². The second-order valence-electron chi connectivity index (χ2n) is 3.23. The number of hydrogen-bond acceptors (Lipinski definition) is 3. The van der Waals surface area contributed by atoms with Crippen molar-refractivity contribution in [2.75, 3.05) is 0 Å². The Bertz CT molecular complexity index is 449. The summed E-state index contributed by atoms with van der Waals surface area (Å²) < 4.78 is 3.17. The van der Waals surface area contributed by atoms with Gasteiger partial charge in [0.1, 0.15) is 5.82 Å². The smallest absolute Gasteiger partial charge is 0.130 e. The Kier molecular flexibility index (Phi) is 3.23. The van der Waals surface area contributed by atoms with Crippen molar-refractivity contribution < 1.29 is 0 Å². The first kappa shape index (κ1) is 10.9. The topological polar surface area (TPSA) is 43.8 Å². The average molecular weight is 286 g/mol. The summed E-state index contributed by atoms with van der Waals surface area (Å²) in [5, 5.41) is 2.06. The summed E-state index contributed by atoms with van der Waals surface area (Å²) in [7, 11) is 0. The number of nitrogens with zero attached hydrogens (tertiary/aromatic N) is 2. The molecule has 0 aliphatic rings. The highest BCUT2D eigenvalue weighted by Crippen LogP contribution is 2.27. The number of thiophene rings is 1. The van der Waals surface area contributed by atoms with Crippen LogP contribution in [0.1, 0.15) is 24.4 Å². The molecule has 0 amide bonds. The number of aromatic nitrogens is 2. The molecule has 0 bridgehead atoms. The molecule has 2 rings (SSSR count). The maximum atomic E-state index is 6.15. The highest BCUT2D eigenvalue weighted by Gasteiger charge is 2.15. The number of halogens is 1. The van der Waals surface area contributed by atoms with Crippen molar-refractivity contribution in [3.63, 3.8) is 0 Å². The largest absolute Gasteiger partial charge is 0.334 e. The predicted octanol–water partition coefficient (Wildman–Crippen LogP) is 2.78. The first-order valence-corrected chi connectivity index (χ1v) is 6.40. The summed E-state index contributed by atoms with van der Waals surface area (Å²) in [5.74, 6) is 0.919. The van der Waals surface area contributed by atoms with E-state index in [0.717, 1.165) is 21.7 Å². The van der Waals surface area contributed by atoms with Crippen molar-refractivity contribution in [1.29, 1.82) is 0 Å². The van der Waals surface area contributed by atoms with Crippen molar-refractivity contribution in [3.05, 3.63) is 39.0 Å². The lowest BCUT2D eigenvalue weighted by Crippen LogP contribution is -2.16. The van der Waals surface area contributed by atoms with Gasteiger partial charge in [-0.2, -0.15) is 0 Å². The molecule has 0 saturated carbocycles.